The molecule has 0 radical (unpaired) electrons. The third-order valence-corrected chi connectivity index (χ3v) is 4.29. The summed E-state index contributed by atoms with van der Waals surface area (Å²) < 4.78 is 0. The monoisotopic (exact) mass is 375 g/mol. The molecule has 6 nitrogen and oxygen atoms in total. The van der Waals surface area contributed by atoms with Gasteiger partial charge < -0.3 is 10.6 Å². The zero-order valence-electron chi connectivity index (χ0n) is 14.6. The lowest BCUT2D eigenvalue weighted by Gasteiger charge is -2.08. The van der Waals surface area contributed by atoms with Crippen LogP contribution in [-0.2, 0) is 13.1 Å². The Morgan fingerprint density at radius 1 is 1.15 bits per heavy atom. The highest BCUT2D eigenvalue weighted by Crippen LogP contribution is 2.22. The first-order valence-corrected chi connectivity index (χ1v) is 8.89. The van der Waals surface area contributed by atoms with E-state index in [1.54, 1.807) is 12.1 Å². The van der Waals surface area contributed by atoms with Crippen molar-refractivity contribution < 1.29 is 9.72 Å². The molecule has 0 saturated heterocycles. The van der Waals surface area contributed by atoms with Gasteiger partial charge >= 0.3 is 0 Å². The van der Waals surface area contributed by atoms with Crippen molar-refractivity contribution in [3.8, 4) is 0 Å². The Balaban J connectivity index is 1.87. The quantitative estimate of drug-likeness (QED) is 0.393. The zero-order chi connectivity index (χ0) is 18.9. The van der Waals surface area contributed by atoms with Crippen molar-refractivity contribution in [3.63, 3.8) is 0 Å². The first-order valence-electron chi connectivity index (χ1n) is 8.52. The van der Waals surface area contributed by atoms with Crippen LogP contribution < -0.4 is 10.6 Å². The summed E-state index contributed by atoms with van der Waals surface area (Å²) in [6, 6.07) is 11.7. The maximum atomic E-state index is 12.0. The van der Waals surface area contributed by atoms with Gasteiger partial charge in [0.15, 0.2) is 0 Å². The van der Waals surface area contributed by atoms with Gasteiger partial charge in [-0.2, -0.15) is 0 Å². The molecule has 0 aliphatic heterocycles. The zero-order valence-corrected chi connectivity index (χ0v) is 15.4. The lowest BCUT2D eigenvalue weighted by molar-refractivity contribution is -0.384. The third kappa shape index (κ3) is 5.82. The first kappa shape index (κ1) is 19.9. The lowest BCUT2D eigenvalue weighted by atomic mass is 10.1. The number of amides is 1. The van der Waals surface area contributed by atoms with Crippen LogP contribution in [0.5, 0.6) is 0 Å². The Morgan fingerprint density at radius 3 is 2.54 bits per heavy atom. The van der Waals surface area contributed by atoms with E-state index in [2.05, 4.69) is 17.6 Å². The smallest absolute Gasteiger partial charge is 0.269 e. The summed E-state index contributed by atoms with van der Waals surface area (Å²) in [4.78, 5) is 22.4. The van der Waals surface area contributed by atoms with Gasteiger partial charge in [0.25, 0.3) is 11.6 Å². The van der Waals surface area contributed by atoms with Crippen molar-refractivity contribution in [1.29, 1.82) is 0 Å². The largest absolute Gasteiger partial charge is 0.352 e. The summed E-state index contributed by atoms with van der Waals surface area (Å²) in [5, 5.41) is 17.4. The number of nitrogens with one attached hydrogen (secondary N) is 2. The average molecular weight is 376 g/mol. The van der Waals surface area contributed by atoms with Crippen LogP contribution in [0.15, 0.2) is 42.5 Å². The molecule has 1 amide bonds. The van der Waals surface area contributed by atoms with Crippen LogP contribution in [-0.4, -0.2) is 17.4 Å². The van der Waals surface area contributed by atoms with Gasteiger partial charge in [-0.25, -0.2) is 0 Å². The molecule has 2 aromatic rings. The Labute approximate surface area is 157 Å². The van der Waals surface area contributed by atoms with Crippen molar-refractivity contribution in [2.45, 2.75) is 32.9 Å². The molecule has 0 spiro atoms. The molecule has 0 atom stereocenters. The van der Waals surface area contributed by atoms with Gasteiger partial charge in [0.1, 0.15) is 0 Å². The summed E-state index contributed by atoms with van der Waals surface area (Å²) in [5.41, 5.74) is 2.33. The Kier molecular flexibility index (Phi) is 7.56. The molecular formula is C19H22ClN3O3. The predicted octanol–water partition coefficient (Wildman–Crippen LogP) is 4.07. The van der Waals surface area contributed by atoms with Gasteiger partial charge in [-0.1, -0.05) is 37.1 Å². The number of hydrogen-bond donors (Lipinski definition) is 2. The number of benzene rings is 2. The van der Waals surface area contributed by atoms with E-state index < -0.39 is 4.92 Å². The van der Waals surface area contributed by atoms with Gasteiger partial charge in [-0.3, -0.25) is 14.9 Å². The molecule has 0 unspecified atom stereocenters. The van der Waals surface area contributed by atoms with E-state index in [9.17, 15) is 14.9 Å². The second-order valence-electron chi connectivity index (χ2n) is 5.94. The number of carbonyl (C=O) groups is 1. The van der Waals surface area contributed by atoms with Crippen LogP contribution in [0.3, 0.4) is 0 Å². The number of hydrogen-bond acceptors (Lipinski definition) is 4. The average Bonchev–Trinajstić information content (AvgIpc) is 2.63. The molecule has 138 valence electrons. The van der Waals surface area contributed by atoms with Crippen molar-refractivity contribution in [2.75, 3.05) is 6.54 Å². The number of non-ortho nitro benzene ring substituents is 1. The second kappa shape index (κ2) is 9.89. The van der Waals surface area contributed by atoms with Gasteiger partial charge in [-0.05, 0) is 35.7 Å². The standard InChI is InChI=1S/C19H22ClN3O3/c1-2-3-10-22-19(24)15-6-4-14(5-7-15)12-21-13-16-11-17(23(25)26)8-9-18(16)20/h4-9,11,21H,2-3,10,12-13H2,1H3,(H,22,24). The molecule has 2 aromatic carbocycles. The Bertz CT molecular complexity index is 763. The minimum absolute atomic E-state index is 0.0182. The fourth-order valence-corrected chi connectivity index (χ4v) is 2.59. The van der Waals surface area contributed by atoms with Crippen molar-refractivity contribution in [3.05, 3.63) is 74.3 Å². The fraction of sp³-hybridized carbons (Fsp3) is 0.316. The molecule has 7 heteroatoms. The van der Waals surface area contributed by atoms with Crippen molar-refractivity contribution in [1.82, 2.24) is 10.6 Å². The van der Waals surface area contributed by atoms with Gasteiger partial charge in [0.2, 0.25) is 0 Å². The number of halogens is 1. The van der Waals surface area contributed by atoms with Gasteiger partial charge in [0.05, 0.1) is 4.92 Å². The maximum Gasteiger partial charge on any atom is 0.269 e. The number of unbranched alkanes of at least 4 members (excludes halogenated alkanes) is 1. The molecule has 0 fully saturated rings. The van der Waals surface area contributed by atoms with Crippen LogP contribution in [0.1, 0.15) is 41.3 Å². The minimum atomic E-state index is -0.440. The Hall–Kier alpha value is -2.44. The van der Waals surface area contributed by atoms with E-state index in [4.69, 9.17) is 11.6 Å². The van der Waals surface area contributed by atoms with Crippen LogP contribution in [0, 0.1) is 10.1 Å². The molecule has 0 aliphatic carbocycles. The fourth-order valence-electron chi connectivity index (χ4n) is 2.41. The van der Waals surface area contributed by atoms with E-state index >= 15 is 0 Å². The van der Waals surface area contributed by atoms with E-state index in [0.29, 0.717) is 35.8 Å². The SMILES string of the molecule is CCCCNC(=O)c1ccc(CNCc2cc([N+](=O)[O-])ccc2Cl)cc1. The van der Waals surface area contributed by atoms with E-state index in [1.165, 1.54) is 18.2 Å². The summed E-state index contributed by atoms with van der Waals surface area (Å²) in [6.45, 7) is 3.74. The molecule has 0 aromatic heterocycles. The minimum Gasteiger partial charge on any atom is -0.352 e. The summed E-state index contributed by atoms with van der Waals surface area (Å²) in [5.74, 6) is -0.0682. The van der Waals surface area contributed by atoms with Crippen LogP contribution in [0.25, 0.3) is 0 Å². The van der Waals surface area contributed by atoms with Gasteiger partial charge in [-0.15, -0.1) is 0 Å². The molecule has 2 rings (SSSR count). The number of nitrogens with zero attached hydrogens (tertiary/aromatic N) is 1. The number of nitro groups is 1. The van der Waals surface area contributed by atoms with Crippen molar-refractivity contribution in [2.24, 2.45) is 0 Å². The number of carbonyl (C=O) groups excluding carboxylic acids is 1. The Morgan fingerprint density at radius 2 is 1.88 bits per heavy atom. The lowest BCUT2D eigenvalue weighted by Crippen LogP contribution is -2.24. The topological polar surface area (TPSA) is 84.3 Å². The molecule has 0 heterocycles. The van der Waals surface area contributed by atoms with E-state index in [0.717, 1.165) is 18.4 Å². The second-order valence-corrected chi connectivity index (χ2v) is 6.35. The molecule has 0 saturated carbocycles. The molecular weight excluding hydrogens is 354 g/mol. The summed E-state index contributed by atoms with van der Waals surface area (Å²) in [7, 11) is 0. The van der Waals surface area contributed by atoms with E-state index in [1.807, 2.05) is 12.1 Å². The highest BCUT2D eigenvalue weighted by atomic mass is 35.5. The highest BCUT2D eigenvalue weighted by molar-refractivity contribution is 6.31. The highest BCUT2D eigenvalue weighted by Gasteiger charge is 2.09. The molecule has 2 N–H and O–H groups in total. The van der Waals surface area contributed by atoms with Crippen molar-refractivity contribution >= 4 is 23.2 Å². The van der Waals surface area contributed by atoms with Crippen LogP contribution in [0.2, 0.25) is 5.02 Å². The third-order valence-electron chi connectivity index (χ3n) is 3.92. The van der Waals surface area contributed by atoms with Crippen LogP contribution >= 0.6 is 11.6 Å². The van der Waals surface area contributed by atoms with Gasteiger partial charge in [0, 0.05) is 42.4 Å². The first-order chi connectivity index (χ1) is 12.5. The predicted molar refractivity (Wildman–Crippen MR) is 102 cm³/mol. The summed E-state index contributed by atoms with van der Waals surface area (Å²) in [6.07, 6.45) is 2.01. The van der Waals surface area contributed by atoms with E-state index in [-0.39, 0.29) is 11.6 Å². The molecule has 26 heavy (non-hydrogen) atoms. The molecule has 0 bridgehead atoms. The normalized spacial score (nSPS) is 10.5. The number of rotatable bonds is 9. The maximum absolute atomic E-state index is 12.0. The number of nitro benzene ring substituents is 1. The van der Waals surface area contributed by atoms with Crippen LogP contribution in [0.4, 0.5) is 5.69 Å². The molecule has 0 aliphatic rings. The summed E-state index contributed by atoms with van der Waals surface area (Å²) >= 11 is 6.08.